The van der Waals surface area contributed by atoms with Crippen molar-refractivity contribution in [1.29, 1.82) is 0 Å². The number of carbonyl (C=O) groups is 4. The Bertz CT molecular complexity index is 1330. The minimum absolute atomic E-state index is 0.115. The van der Waals surface area contributed by atoms with Crippen LogP contribution in [0.2, 0.25) is 0 Å². The van der Waals surface area contributed by atoms with Gasteiger partial charge in [-0.2, -0.15) is 13.2 Å². The van der Waals surface area contributed by atoms with Gasteiger partial charge in [-0.3, -0.25) is 29.4 Å². The Balaban J connectivity index is 1.10. The number of hydrogen-bond donors (Lipinski definition) is 2. The van der Waals surface area contributed by atoms with Gasteiger partial charge in [0.2, 0.25) is 17.7 Å². The van der Waals surface area contributed by atoms with Crippen LogP contribution in [-0.2, 0) is 40.1 Å². The number of fused-ring (bicyclic) bond motifs is 1. The van der Waals surface area contributed by atoms with E-state index in [2.05, 4.69) is 15.5 Å². The third-order valence-corrected chi connectivity index (χ3v) is 8.23. The summed E-state index contributed by atoms with van der Waals surface area (Å²) in [5.41, 5.74) is 2.51. The first kappa shape index (κ1) is 28.8. The minimum Gasteiger partial charge on any atom is -0.351 e. The van der Waals surface area contributed by atoms with Gasteiger partial charge in [0.15, 0.2) is 0 Å². The highest BCUT2D eigenvalue weighted by Gasteiger charge is 2.39. The fourth-order valence-corrected chi connectivity index (χ4v) is 6.02. The number of benzene rings is 2. The van der Waals surface area contributed by atoms with Gasteiger partial charge in [0.1, 0.15) is 6.04 Å². The van der Waals surface area contributed by atoms with Crippen molar-refractivity contribution < 1.29 is 32.3 Å². The molecule has 2 fully saturated rings. The molecule has 0 bridgehead atoms. The van der Waals surface area contributed by atoms with Crippen molar-refractivity contribution in [1.82, 2.24) is 20.4 Å². The Hall–Kier alpha value is -3.73. The molecule has 3 heterocycles. The molecule has 8 nitrogen and oxygen atoms in total. The Labute approximate surface area is 236 Å². The van der Waals surface area contributed by atoms with Crippen LogP contribution in [0.25, 0.3) is 0 Å². The molecule has 4 amide bonds. The van der Waals surface area contributed by atoms with E-state index >= 15 is 0 Å². The number of aryl methyl sites for hydroxylation is 1. The van der Waals surface area contributed by atoms with Crippen molar-refractivity contribution >= 4 is 23.6 Å². The molecule has 0 aliphatic carbocycles. The molecule has 2 aromatic carbocycles. The average Bonchev–Trinajstić information content (AvgIpc) is 3.54. The van der Waals surface area contributed by atoms with Gasteiger partial charge in [-0.15, -0.1) is 0 Å². The lowest BCUT2D eigenvalue weighted by atomic mass is 9.98. The van der Waals surface area contributed by atoms with Crippen molar-refractivity contribution in [3.05, 3.63) is 70.3 Å². The van der Waals surface area contributed by atoms with Crippen LogP contribution in [0.5, 0.6) is 0 Å². The molecule has 41 heavy (non-hydrogen) atoms. The van der Waals surface area contributed by atoms with E-state index in [0.717, 1.165) is 68.5 Å². The SMILES string of the molecule is O=C1CCC(N2Cc3c(CCCCN4CCCC4C(=O)NCc4ccc(C(F)(F)F)cc4)cccc3C2=O)C(=O)N1. The smallest absolute Gasteiger partial charge is 0.351 e. The molecule has 2 atom stereocenters. The zero-order valence-electron chi connectivity index (χ0n) is 22.6. The molecule has 11 heteroatoms. The van der Waals surface area contributed by atoms with E-state index in [1.807, 2.05) is 12.1 Å². The van der Waals surface area contributed by atoms with Crippen molar-refractivity contribution in [2.75, 3.05) is 13.1 Å². The molecule has 0 aromatic heterocycles. The zero-order valence-corrected chi connectivity index (χ0v) is 22.6. The van der Waals surface area contributed by atoms with Crippen molar-refractivity contribution in [2.45, 2.75) is 76.3 Å². The maximum Gasteiger partial charge on any atom is 0.416 e. The van der Waals surface area contributed by atoms with Gasteiger partial charge in [0.05, 0.1) is 11.6 Å². The number of imide groups is 1. The predicted octanol–water partition coefficient (Wildman–Crippen LogP) is 3.57. The number of alkyl halides is 3. The Kier molecular flexibility index (Phi) is 8.44. The minimum atomic E-state index is -4.39. The van der Waals surface area contributed by atoms with Crippen molar-refractivity contribution in [2.24, 2.45) is 0 Å². The normalized spacial score (nSPS) is 21.2. The lowest BCUT2D eigenvalue weighted by Gasteiger charge is -2.29. The first-order chi connectivity index (χ1) is 19.6. The zero-order chi connectivity index (χ0) is 29.1. The number of nitrogens with one attached hydrogen (secondary N) is 2. The second-order valence-electron chi connectivity index (χ2n) is 10.9. The van der Waals surface area contributed by atoms with Crippen LogP contribution in [0.1, 0.15) is 71.1 Å². The highest BCUT2D eigenvalue weighted by atomic mass is 19.4. The van der Waals surface area contributed by atoms with E-state index in [-0.39, 0.29) is 36.7 Å². The van der Waals surface area contributed by atoms with Gasteiger partial charge in [0.25, 0.3) is 5.91 Å². The van der Waals surface area contributed by atoms with Crippen LogP contribution in [0.3, 0.4) is 0 Å². The Morgan fingerprint density at radius 2 is 1.80 bits per heavy atom. The lowest BCUT2D eigenvalue weighted by molar-refractivity contribution is -0.138. The first-order valence-electron chi connectivity index (χ1n) is 14.0. The molecule has 2 aromatic rings. The van der Waals surface area contributed by atoms with Crippen molar-refractivity contribution in [3.63, 3.8) is 0 Å². The van der Waals surface area contributed by atoms with Gasteiger partial charge in [-0.1, -0.05) is 24.3 Å². The molecule has 3 aliphatic rings. The molecule has 5 rings (SSSR count). The van der Waals surface area contributed by atoms with E-state index in [1.165, 1.54) is 12.1 Å². The van der Waals surface area contributed by atoms with Crippen molar-refractivity contribution in [3.8, 4) is 0 Å². The van der Waals surface area contributed by atoms with Crippen LogP contribution in [-0.4, -0.2) is 58.6 Å². The van der Waals surface area contributed by atoms with E-state index in [4.69, 9.17) is 0 Å². The maximum atomic E-state index is 13.0. The summed E-state index contributed by atoms with van der Waals surface area (Å²) in [5.74, 6) is -1.03. The third kappa shape index (κ3) is 6.45. The Morgan fingerprint density at radius 1 is 1.02 bits per heavy atom. The number of nitrogens with zero attached hydrogens (tertiary/aromatic N) is 2. The second kappa shape index (κ2) is 12.0. The summed E-state index contributed by atoms with van der Waals surface area (Å²) in [7, 11) is 0. The topological polar surface area (TPSA) is 98.8 Å². The van der Waals surface area contributed by atoms with Gasteiger partial charge in [0, 0.05) is 25.1 Å². The van der Waals surface area contributed by atoms with Gasteiger partial charge in [-0.25, -0.2) is 0 Å². The molecule has 2 unspecified atom stereocenters. The summed E-state index contributed by atoms with van der Waals surface area (Å²) in [4.78, 5) is 53.5. The summed E-state index contributed by atoms with van der Waals surface area (Å²) in [6.45, 7) is 2.09. The summed E-state index contributed by atoms with van der Waals surface area (Å²) in [6.07, 6.45) is 0.282. The van der Waals surface area contributed by atoms with Gasteiger partial charge >= 0.3 is 6.18 Å². The largest absolute Gasteiger partial charge is 0.416 e. The number of likely N-dealkylation sites (tertiary alicyclic amines) is 1. The molecule has 3 aliphatic heterocycles. The van der Waals surface area contributed by atoms with Gasteiger partial charge < -0.3 is 10.2 Å². The van der Waals surface area contributed by atoms with E-state index in [0.29, 0.717) is 24.1 Å². The summed E-state index contributed by atoms with van der Waals surface area (Å²) < 4.78 is 38.3. The number of hydrogen-bond acceptors (Lipinski definition) is 5. The summed E-state index contributed by atoms with van der Waals surface area (Å²) >= 11 is 0. The molecular weight excluding hydrogens is 537 g/mol. The van der Waals surface area contributed by atoms with Gasteiger partial charge in [-0.05, 0) is 86.5 Å². The molecule has 0 radical (unpaired) electrons. The predicted molar refractivity (Wildman–Crippen MR) is 143 cm³/mol. The number of unbranched alkanes of at least 4 members (excludes halogenated alkanes) is 1. The molecular formula is C30H33F3N4O4. The first-order valence-corrected chi connectivity index (χ1v) is 14.0. The highest BCUT2D eigenvalue weighted by molar-refractivity contribution is 6.05. The standard InChI is InChI=1S/C30H33F3N4O4/c31-30(32,33)21-11-9-19(10-12-21)17-34-27(39)24-8-4-16-36(24)15-2-1-5-20-6-3-7-22-23(20)18-37(29(22)41)25-13-14-26(38)35-28(25)40/h3,6-7,9-12,24-25H,1-2,4-5,8,13-18H2,(H,34,39)(H,35,38,40). The van der Waals surface area contributed by atoms with Crippen LogP contribution in [0, 0.1) is 0 Å². The highest BCUT2D eigenvalue weighted by Crippen LogP contribution is 2.31. The molecule has 2 N–H and O–H groups in total. The number of rotatable bonds is 9. The molecule has 0 spiro atoms. The van der Waals surface area contributed by atoms with Crippen LogP contribution >= 0.6 is 0 Å². The number of amides is 4. The van der Waals surface area contributed by atoms with Crippen LogP contribution in [0.4, 0.5) is 13.2 Å². The summed E-state index contributed by atoms with van der Waals surface area (Å²) in [5, 5.41) is 5.20. The average molecular weight is 571 g/mol. The number of halogens is 3. The monoisotopic (exact) mass is 570 g/mol. The number of carbonyl (C=O) groups excluding carboxylic acids is 4. The van der Waals surface area contributed by atoms with E-state index in [9.17, 15) is 32.3 Å². The summed E-state index contributed by atoms with van der Waals surface area (Å²) in [6, 6.07) is 9.56. The molecule has 2 saturated heterocycles. The second-order valence-corrected chi connectivity index (χ2v) is 10.9. The van der Waals surface area contributed by atoms with E-state index < -0.39 is 23.7 Å². The molecule has 0 saturated carbocycles. The number of piperidine rings is 1. The Morgan fingerprint density at radius 3 is 2.54 bits per heavy atom. The quantitative estimate of drug-likeness (QED) is 0.355. The maximum absolute atomic E-state index is 13.0. The fraction of sp³-hybridized carbons (Fsp3) is 0.467. The third-order valence-electron chi connectivity index (χ3n) is 8.23. The van der Waals surface area contributed by atoms with Crippen LogP contribution < -0.4 is 10.6 Å². The van der Waals surface area contributed by atoms with E-state index in [1.54, 1.807) is 11.0 Å². The molecule has 218 valence electrons. The fourth-order valence-electron chi connectivity index (χ4n) is 6.02. The lowest BCUT2D eigenvalue weighted by Crippen LogP contribution is -2.52. The van der Waals surface area contributed by atoms with Crippen LogP contribution in [0.15, 0.2) is 42.5 Å².